The van der Waals surface area contributed by atoms with E-state index < -0.39 is 120 Å². The molecule has 5 N–H and O–H groups in total. The highest BCUT2D eigenvalue weighted by molar-refractivity contribution is 7.61. The Balaban J connectivity index is 0.000000228. The monoisotopic (exact) mass is 1010 g/mol. The third-order valence-corrected chi connectivity index (χ3v) is 11.9. The first-order valence-electron chi connectivity index (χ1n) is 23.0. The number of aliphatic hydroxyl groups is 1. The van der Waals surface area contributed by atoms with Crippen LogP contribution in [0.1, 0.15) is 80.7 Å². The standard InChI is InChI=1S/C16H22FO5P.C16H22FO4P.C15H20FO5P/c1-11(2)21-16-13(8-9-23(19,20)10-18)22-15(14(16)17)12-6-4-3-5-7-12;1-11(2)20-16-13(9-10-22(3,18)19)21-15(14(16)17)12-7-5-4-6-8-12;1-10(2)20-15-12(8-9-22(17,18)19)21-14(13(15)16)11-6-4-3-5-7-11/h3-9,11,13-16,18H,10H2,1-2H3,(H,19,20);4-11,13-16H,1-3H3,(H,18,19);3-10,12-15H,1-2H3,(H2,17,18,19)/b9-8+;10-9+;9-8+/t2*13-,14+,15+,16-;12-,13+,14+,15-/m111/s1/i9D;10D;9D. The van der Waals surface area contributed by atoms with Crippen molar-refractivity contribution in [2.45, 2.75) is 133 Å². The van der Waals surface area contributed by atoms with E-state index in [1.54, 1.807) is 126 Å². The van der Waals surface area contributed by atoms with E-state index in [1.807, 2.05) is 6.07 Å². The largest absolute Gasteiger partial charge is 0.386 e. The maximum absolute atomic E-state index is 14.9. The third-order valence-electron chi connectivity index (χ3n) is 9.88. The fraction of sp³-hybridized carbons (Fsp3) is 0.489. The number of ether oxygens (including phenoxy) is 6. The van der Waals surface area contributed by atoms with Gasteiger partial charge in [-0.25, -0.2) is 13.2 Å². The van der Waals surface area contributed by atoms with Crippen molar-refractivity contribution in [1.82, 2.24) is 0 Å². The first-order valence-corrected chi connectivity index (χ1v) is 27.1. The summed E-state index contributed by atoms with van der Waals surface area (Å²) in [6.07, 6.45) is -11.6. The van der Waals surface area contributed by atoms with E-state index in [1.165, 1.54) is 6.08 Å². The van der Waals surface area contributed by atoms with Gasteiger partial charge in [0.05, 0.1) is 22.4 Å². The summed E-state index contributed by atoms with van der Waals surface area (Å²) in [5.74, 6) is -2.03. The number of hydrogen-bond donors (Lipinski definition) is 5. The molecule has 0 aliphatic carbocycles. The van der Waals surface area contributed by atoms with Crippen molar-refractivity contribution >= 4 is 22.3 Å². The Hall–Kier alpha value is -3.08. The van der Waals surface area contributed by atoms with E-state index in [0.29, 0.717) is 16.7 Å². The van der Waals surface area contributed by atoms with Crippen LogP contribution in [0.5, 0.6) is 0 Å². The fourth-order valence-electron chi connectivity index (χ4n) is 7.16. The van der Waals surface area contributed by atoms with E-state index >= 15 is 0 Å². The molecule has 20 heteroatoms. The van der Waals surface area contributed by atoms with Crippen LogP contribution in [0, 0.1) is 0 Å². The zero-order chi connectivity index (χ0) is 52.3. The van der Waals surface area contributed by atoms with E-state index in [0.717, 1.165) is 18.8 Å². The molecule has 0 saturated carbocycles. The molecule has 0 radical (unpaired) electrons. The number of rotatable bonds is 16. The van der Waals surface area contributed by atoms with Gasteiger partial charge in [-0.1, -0.05) is 91.0 Å². The predicted octanol–water partition coefficient (Wildman–Crippen LogP) is 9.61. The van der Waals surface area contributed by atoms with Gasteiger partial charge < -0.3 is 53.1 Å². The van der Waals surface area contributed by atoms with Crippen LogP contribution >= 0.6 is 22.3 Å². The normalized spacial score (nSPS) is 31.8. The molecule has 3 aromatic carbocycles. The van der Waals surface area contributed by atoms with Crippen LogP contribution < -0.4 is 0 Å². The van der Waals surface area contributed by atoms with Gasteiger partial charge in [0.15, 0.2) is 18.5 Å². The van der Waals surface area contributed by atoms with Crippen LogP contribution in [-0.2, 0) is 42.1 Å². The molecule has 3 heterocycles. The minimum Gasteiger partial charge on any atom is -0.386 e. The van der Waals surface area contributed by atoms with E-state index in [2.05, 4.69) is 0 Å². The maximum atomic E-state index is 14.9. The molecule has 6 rings (SSSR count). The Kier molecular flexibility index (Phi) is 19.8. The Bertz CT molecular complexity index is 2240. The molecule has 3 aliphatic rings. The molecule has 14 nitrogen and oxygen atoms in total. The number of halogens is 3. The maximum Gasteiger partial charge on any atom is 0.348 e. The zero-order valence-corrected chi connectivity index (χ0v) is 40.8. The highest BCUT2D eigenvalue weighted by Gasteiger charge is 2.48. The second-order valence-corrected chi connectivity index (χ2v) is 22.0. The van der Waals surface area contributed by atoms with Crippen LogP contribution in [0.15, 0.2) is 127 Å². The summed E-state index contributed by atoms with van der Waals surface area (Å²) in [7, 11) is -12.6. The zero-order valence-electron chi connectivity index (χ0n) is 41.1. The summed E-state index contributed by atoms with van der Waals surface area (Å²) in [5, 5.41) is 8.91. The van der Waals surface area contributed by atoms with Crippen LogP contribution in [-0.4, -0.2) is 111 Å². The molecule has 3 fully saturated rings. The van der Waals surface area contributed by atoms with Crippen molar-refractivity contribution in [3.8, 4) is 0 Å². The third kappa shape index (κ3) is 18.0. The Morgan fingerprint density at radius 2 is 0.836 bits per heavy atom. The minimum atomic E-state index is -4.71. The molecule has 0 aromatic heterocycles. The molecule has 67 heavy (non-hydrogen) atoms. The van der Waals surface area contributed by atoms with Crippen LogP contribution in [0.4, 0.5) is 13.2 Å². The van der Waals surface area contributed by atoms with Crippen molar-refractivity contribution in [1.29, 1.82) is 0 Å². The molecule has 3 aliphatic heterocycles. The quantitative estimate of drug-likeness (QED) is 0.0848. The van der Waals surface area contributed by atoms with Gasteiger partial charge >= 0.3 is 7.60 Å². The Labute approximate surface area is 395 Å². The Morgan fingerprint density at radius 1 is 0.552 bits per heavy atom. The fourth-order valence-corrected chi connectivity index (χ4v) is 8.38. The summed E-state index contributed by atoms with van der Waals surface area (Å²) >= 11 is 0. The van der Waals surface area contributed by atoms with Gasteiger partial charge in [-0.3, -0.25) is 13.7 Å². The first-order chi connectivity index (χ1) is 32.7. The smallest absolute Gasteiger partial charge is 0.348 e. The summed E-state index contributed by atoms with van der Waals surface area (Å²) in [6.45, 7) is 11.6. The van der Waals surface area contributed by atoms with Gasteiger partial charge in [0, 0.05) is 18.3 Å². The molecule has 372 valence electrons. The number of alkyl halides is 3. The highest BCUT2D eigenvalue weighted by Crippen LogP contribution is 2.45. The van der Waals surface area contributed by atoms with Gasteiger partial charge in [0.1, 0.15) is 61.3 Å². The first kappa shape index (κ1) is 51.8. The molecule has 3 saturated heterocycles. The second-order valence-electron chi connectivity index (χ2n) is 16.7. The van der Waals surface area contributed by atoms with Gasteiger partial charge in [0.2, 0.25) is 14.7 Å². The second kappa shape index (κ2) is 25.7. The van der Waals surface area contributed by atoms with Gasteiger partial charge in [-0.05, 0) is 82.3 Å². The van der Waals surface area contributed by atoms with Crippen molar-refractivity contribution in [2.75, 3.05) is 13.0 Å². The van der Waals surface area contributed by atoms with Gasteiger partial charge in [-0.15, -0.1) is 0 Å². The molecule has 3 aromatic rings. The van der Waals surface area contributed by atoms with Crippen LogP contribution in [0.25, 0.3) is 0 Å². The van der Waals surface area contributed by atoms with E-state index in [-0.39, 0.29) is 18.3 Å². The van der Waals surface area contributed by atoms with Crippen molar-refractivity contribution in [3.05, 3.63) is 143 Å². The topological polar surface area (TPSA) is 208 Å². The molecule has 0 amide bonds. The molecular weight excluding hydrogens is 938 g/mol. The lowest BCUT2D eigenvalue weighted by atomic mass is 10.0. The minimum absolute atomic E-state index is 0.232. The van der Waals surface area contributed by atoms with E-state index in [9.17, 15) is 36.7 Å². The SMILES string of the molecule is [2H]/C(=C\[C@H]1O[C@@H](c2ccccc2)[C@H](F)[C@@H]1OC(C)C)P(=O)(O)CO.[2H]/C(=C\[C@H]1O[C@@H](c2ccccc2)[C@H](F)[C@@H]1OC(C)C)P(=O)(O)O.[2H]/C(=C\[C@H]1O[C@@H](c2ccccc2)[C@H](F)[C@@H]1OC(C)C)P(C)(=O)O. The average molecular weight is 1010 g/mol. The van der Waals surface area contributed by atoms with E-state index in [4.69, 9.17) is 47.4 Å². The van der Waals surface area contributed by atoms with Crippen LogP contribution in [0.3, 0.4) is 0 Å². The molecule has 0 spiro atoms. The molecule has 2 unspecified atom stereocenters. The van der Waals surface area contributed by atoms with Gasteiger partial charge in [-0.2, -0.15) is 0 Å². The highest BCUT2D eigenvalue weighted by atomic mass is 31.2. The molecular formula is C47H64F3O14P3. The summed E-state index contributed by atoms with van der Waals surface area (Å²) < 4.78 is 135. The lowest BCUT2D eigenvalue weighted by Crippen LogP contribution is -2.32. The average Bonchev–Trinajstić information content (AvgIpc) is 3.88. The summed E-state index contributed by atoms with van der Waals surface area (Å²) in [6, 6.07) is 26.4. The number of hydrogen-bond acceptors (Lipinski definition) is 10. The van der Waals surface area contributed by atoms with Crippen molar-refractivity contribution in [3.63, 3.8) is 0 Å². The molecule has 0 bridgehead atoms. The number of benzene rings is 3. The summed E-state index contributed by atoms with van der Waals surface area (Å²) in [4.78, 5) is 37.1. The lowest BCUT2D eigenvalue weighted by Gasteiger charge is -2.20. The summed E-state index contributed by atoms with van der Waals surface area (Å²) in [5.41, 5.74) is 1.90. The van der Waals surface area contributed by atoms with Gasteiger partial charge in [0.25, 0.3) is 0 Å². The van der Waals surface area contributed by atoms with Crippen molar-refractivity contribution in [2.24, 2.45) is 0 Å². The number of aliphatic hydroxyl groups excluding tert-OH is 1. The lowest BCUT2D eigenvalue weighted by molar-refractivity contribution is -0.0388. The van der Waals surface area contributed by atoms with Crippen molar-refractivity contribution < 1.29 is 84.1 Å². The Morgan fingerprint density at radius 3 is 1.09 bits per heavy atom. The van der Waals surface area contributed by atoms with Crippen LogP contribution in [0.2, 0.25) is 0 Å². The predicted molar refractivity (Wildman–Crippen MR) is 249 cm³/mol. The molecule has 14 atom stereocenters.